The van der Waals surface area contributed by atoms with Crippen LogP contribution in [-0.4, -0.2) is 5.92 Å². The van der Waals surface area contributed by atoms with E-state index in [0.29, 0.717) is 18.8 Å². The van der Waals surface area contributed by atoms with Crippen LogP contribution in [-0.2, 0) is 17.9 Å². The Morgan fingerprint density at radius 2 is 1.52 bits per heavy atom. The van der Waals surface area contributed by atoms with Gasteiger partial charge in [-0.15, -0.1) is 0 Å². The van der Waals surface area contributed by atoms with Gasteiger partial charge >= 0.3 is 0 Å². The summed E-state index contributed by atoms with van der Waals surface area (Å²) in [6.07, 6.45) is 3.42. The molecule has 0 amide bonds. The average molecular weight is 401 g/mol. The number of aryl methyl sites for hydroxylation is 2. The fraction of sp³-hybridized carbons (Fsp3) is 0.577. The molecule has 1 aromatic carbocycles. The number of halogens is 2. The summed E-state index contributed by atoms with van der Waals surface area (Å²) in [4.78, 5) is 0. The van der Waals surface area contributed by atoms with Crippen LogP contribution in [0.3, 0.4) is 0 Å². The van der Waals surface area contributed by atoms with Crippen LogP contribution >= 0.6 is 0 Å². The number of nitrogens with zero attached hydrogens (tertiary/aromatic N) is 1. The van der Waals surface area contributed by atoms with Gasteiger partial charge in [0, 0.05) is 30.0 Å². The van der Waals surface area contributed by atoms with Gasteiger partial charge in [0.25, 0.3) is 0 Å². The van der Waals surface area contributed by atoms with Crippen LogP contribution in [0.15, 0.2) is 36.5 Å². The molecule has 0 aliphatic heterocycles. The molecule has 1 saturated carbocycles. The maximum absolute atomic E-state index is 13.6. The van der Waals surface area contributed by atoms with E-state index in [-0.39, 0.29) is 23.7 Å². The molecule has 0 saturated heterocycles. The molecule has 0 bridgehead atoms. The number of rotatable bonds is 3. The predicted octanol–water partition coefficient (Wildman–Crippen LogP) is 6.89. The normalized spacial score (nSPS) is 18.1. The van der Waals surface area contributed by atoms with Gasteiger partial charge in [-0.05, 0) is 59.8 Å². The van der Waals surface area contributed by atoms with Crippen molar-refractivity contribution in [1.82, 2.24) is 0 Å². The topological polar surface area (TPSA) is 3.88 Å². The maximum atomic E-state index is 13.6. The molecule has 0 N–H and O–H groups in total. The minimum Gasteiger partial charge on any atom is -0.207 e. The molecule has 29 heavy (non-hydrogen) atoms. The lowest BCUT2D eigenvalue weighted by molar-refractivity contribution is -0.661. The van der Waals surface area contributed by atoms with Gasteiger partial charge in [0.1, 0.15) is 7.05 Å². The van der Waals surface area contributed by atoms with E-state index in [4.69, 9.17) is 0 Å². The summed E-state index contributed by atoms with van der Waals surface area (Å²) in [6.45, 7) is 13.3. The van der Waals surface area contributed by atoms with E-state index >= 15 is 0 Å². The van der Waals surface area contributed by atoms with E-state index in [1.807, 2.05) is 0 Å². The molecule has 1 nitrogen and oxygen atoms in total. The molecule has 0 unspecified atom stereocenters. The summed E-state index contributed by atoms with van der Waals surface area (Å²) in [7, 11) is 2.08. The predicted molar refractivity (Wildman–Crippen MR) is 116 cm³/mol. The molecule has 3 rings (SSSR count). The molecular formula is C26H36F2N+. The highest BCUT2D eigenvalue weighted by molar-refractivity contribution is 5.62. The summed E-state index contributed by atoms with van der Waals surface area (Å²) in [5.41, 5.74) is 6.28. The molecule has 0 atom stereocenters. The number of hydrogen-bond acceptors (Lipinski definition) is 0. The van der Waals surface area contributed by atoms with E-state index in [2.05, 4.69) is 89.7 Å². The molecular weight excluding hydrogens is 364 g/mol. The minimum atomic E-state index is -2.47. The standard InChI is InChI=1S/C26H36F2N/c1-18-16-20(24(2,3)4)8-10-22(18)23-11-9-21(17-29(23)7)25(5,6)19-12-14-26(27,28)15-13-19/h8-11,16-17,19H,12-15H2,1-7H3/q+1. The molecule has 158 valence electrons. The monoisotopic (exact) mass is 400 g/mol. The van der Waals surface area contributed by atoms with Crippen molar-refractivity contribution in [3.8, 4) is 11.3 Å². The van der Waals surface area contributed by atoms with Crippen molar-refractivity contribution in [3.05, 3.63) is 53.2 Å². The van der Waals surface area contributed by atoms with Crippen LogP contribution in [0.1, 0.15) is 77.0 Å². The molecule has 0 spiro atoms. The second-order valence-corrected chi connectivity index (χ2v) is 10.5. The van der Waals surface area contributed by atoms with E-state index in [1.165, 1.54) is 27.9 Å². The first-order valence-electron chi connectivity index (χ1n) is 10.8. The van der Waals surface area contributed by atoms with Crippen LogP contribution in [0.2, 0.25) is 0 Å². The Bertz CT molecular complexity index is 880. The van der Waals surface area contributed by atoms with Crippen LogP contribution in [0, 0.1) is 12.8 Å². The Hall–Kier alpha value is -1.77. The zero-order chi connectivity index (χ0) is 21.6. The lowest BCUT2D eigenvalue weighted by Gasteiger charge is -2.39. The van der Waals surface area contributed by atoms with Gasteiger partial charge in [-0.1, -0.05) is 46.8 Å². The second-order valence-electron chi connectivity index (χ2n) is 10.5. The van der Waals surface area contributed by atoms with E-state index in [1.54, 1.807) is 0 Å². The summed E-state index contributed by atoms with van der Waals surface area (Å²) < 4.78 is 29.4. The Kier molecular flexibility index (Phi) is 5.66. The van der Waals surface area contributed by atoms with E-state index in [0.717, 1.165) is 0 Å². The fourth-order valence-corrected chi connectivity index (χ4v) is 4.68. The Balaban J connectivity index is 1.89. The van der Waals surface area contributed by atoms with Gasteiger partial charge in [0.05, 0.1) is 0 Å². The van der Waals surface area contributed by atoms with Gasteiger partial charge in [-0.25, -0.2) is 13.3 Å². The van der Waals surface area contributed by atoms with Crippen molar-refractivity contribution < 1.29 is 13.3 Å². The molecule has 1 heterocycles. The first-order valence-corrected chi connectivity index (χ1v) is 10.8. The highest BCUT2D eigenvalue weighted by Gasteiger charge is 2.42. The Morgan fingerprint density at radius 1 is 0.931 bits per heavy atom. The van der Waals surface area contributed by atoms with Crippen LogP contribution in [0.25, 0.3) is 11.3 Å². The zero-order valence-corrected chi connectivity index (χ0v) is 19.1. The lowest BCUT2D eigenvalue weighted by Crippen LogP contribution is -2.39. The average Bonchev–Trinajstić information content (AvgIpc) is 2.61. The molecule has 1 aliphatic rings. The van der Waals surface area contributed by atoms with Crippen molar-refractivity contribution >= 4 is 0 Å². The van der Waals surface area contributed by atoms with Crippen LogP contribution < -0.4 is 4.57 Å². The van der Waals surface area contributed by atoms with Crippen LogP contribution in [0.5, 0.6) is 0 Å². The highest BCUT2D eigenvalue weighted by atomic mass is 19.3. The molecule has 1 aromatic heterocycles. The number of hydrogen-bond donors (Lipinski definition) is 0. The van der Waals surface area contributed by atoms with Gasteiger partial charge < -0.3 is 0 Å². The van der Waals surface area contributed by atoms with E-state index in [9.17, 15) is 8.78 Å². The molecule has 1 fully saturated rings. The van der Waals surface area contributed by atoms with Crippen molar-refractivity contribution in [2.24, 2.45) is 13.0 Å². The van der Waals surface area contributed by atoms with Crippen molar-refractivity contribution in [2.75, 3.05) is 0 Å². The summed E-state index contributed by atoms with van der Waals surface area (Å²) in [5, 5.41) is 0. The third-order valence-electron chi connectivity index (χ3n) is 6.98. The van der Waals surface area contributed by atoms with Crippen molar-refractivity contribution in [1.29, 1.82) is 0 Å². The number of pyridine rings is 1. The molecule has 1 aliphatic carbocycles. The molecule has 3 heteroatoms. The zero-order valence-electron chi connectivity index (χ0n) is 19.1. The lowest BCUT2D eigenvalue weighted by atomic mass is 9.67. The summed E-state index contributed by atoms with van der Waals surface area (Å²) >= 11 is 0. The SMILES string of the molecule is Cc1cc(C(C)(C)C)ccc1-c1ccc(C(C)(C)C2CCC(F)(F)CC2)c[n+]1C. The van der Waals surface area contributed by atoms with Crippen molar-refractivity contribution in [2.45, 2.75) is 84.0 Å². The largest absolute Gasteiger partial charge is 0.248 e. The number of alkyl halides is 2. The fourth-order valence-electron chi connectivity index (χ4n) is 4.68. The Labute approximate surface area is 175 Å². The Morgan fingerprint density at radius 3 is 2.03 bits per heavy atom. The third kappa shape index (κ3) is 4.54. The second kappa shape index (κ2) is 7.49. The minimum absolute atomic E-state index is 0.0185. The third-order valence-corrected chi connectivity index (χ3v) is 6.98. The molecule has 2 aromatic rings. The van der Waals surface area contributed by atoms with Crippen LogP contribution in [0.4, 0.5) is 8.78 Å². The summed E-state index contributed by atoms with van der Waals surface area (Å²) in [6, 6.07) is 11.1. The maximum Gasteiger partial charge on any atom is 0.248 e. The smallest absolute Gasteiger partial charge is 0.207 e. The molecule has 0 radical (unpaired) electrons. The van der Waals surface area contributed by atoms with E-state index < -0.39 is 5.92 Å². The number of benzene rings is 1. The van der Waals surface area contributed by atoms with Gasteiger partial charge in [-0.3, -0.25) is 0 Å². The quantitative estimate of drug-likeness (QED) is 0.494. The summed E-state index contributed by atoms with van der Waals surface area (Å²) in [5.74, 6) is -2.18. The van der Waals surface area contributed by atoms with Gasteiger partial charge in [0.15, 0.2) is 6.20 Å². The van der Waals surface area contributed by atoms with Gasteiger partial charge in [-0.2, -0.15) is 0 Å². The van der Waals surface area contributed by atoms with Gasteiger partial charge in [0.2, 0.25) is 11.6 Å². The number of aromatic nitrogens is 1. The first-order chi connectivity index (χ1) is 13.3. The first kappa shape index (κ1) is 21.9. The highest BCUT2D eigenvalue weighted by Crippen LogP contribution is 2.45. The van der Waals surface area contributed by atoms with Crippen molar-refractivity contribution in [3.63, 3.8) is 0 Å².